The third kappa shape index (κ3) is 4.93. The highest BCUT2D eigenvalue weighted by Gasteiger charge is 2.21. The third-order valence-electron chi connectivity index (χ3n) is 9.16. The molecule has 2 heterocycles. The highest BCUT2D eigenvalue weighted by Crippen LogP contribution is 2.47. The lowest BCUT2D eigenvalue weighted by molar-refractivity contribution is 1.26. The van der Waals surface area contributed by atoms with Crippen LogP contribution in [-0.4, -0.2) is 4.98 Å². The quantitative estimate of drug-likeness (QED) is 0.182. The fourth-order valence-electron chi connectivity index (χ4n) is 6.87. The van der Waals surface area contributed by atoms with Gasteiger partial charge in [-0.25, -0.2) is 0 Å². The van der Waals surface area contributed by atoms with E-state index in [2.05, 4.69) is 175 Å². The zero-order valence-corrected chi connectivity index (χ0v) is 26.9. The molecule has 0 saturated heterocycles. The van der Waals surface area contributed by atoms with Gasteiger partial charge in [-0.05, 0) is 68.4 Å². The summed E-state index contributed by atoms with van der Waals surface area (Å²) in [7, 11) is 0. The Bertz CT molecular complexity index is 2540. The molecular formula is C45H30N2S. The summed E-state index contributed by atoms with van der Waals surface area (Å²) < 4.78 is 2.47. The van der Waals surface area contributed by atoms with Crippen LogP contribution in [0.5, 0.6) is 0 Å². The van der Waals surface area contributed by atoms with Crippen molar-refractivity contribution in [3.63, 3.8) is 0 Å². The molecule has 0 N–H and O–H groups in total. The van der Waals surface area contributed by atoms with E-state index >= 15 is 0 Å². The minimum Gasteiger partial charge on any atom is -0.308 e. The van der Waals surface area contributed by atoms with Crippen LogP contribution in [0.25, 0.3) is 64.3 Å². The Hall–Kier alpha value is -6.03. The standard InChI is InChI=1S/C45H30N2S/c1-4-12-31(13-5-1)32-20-23-36(24-21-32)47(37-25-27-38(33-14-6-2-7-15-33)41(28-37)34-16-8-3-9-17-34)42-29-46-30-43-44(42)40-26-22-35-18-10-11-19-39(35)45(40)48-43/h1-30H. The zero-order chi connectivity index (χ0) is 31.9. The van der Waals surface area contributed by atoms with Crippen LogP contribution in [0, 0.1) is 0 Å². The van der Waals surface area contributed by atoms with Crippen LogP contribution in [0.3, 0.4) is 0 Å². The fourth-order valence-corrected chi connectivity index (χ4v) is 8.09. The molecule has 0 fully saturated rings. The summed E-state index contributed by atoms with van der Waals surface area (Å²) in [4.78, 5) is 7.22. The van der Waals surface area contributed by atoms with Gasteiger partial charge in [0.2, 0.25) is 0 Å². The molecule has 9 aromatic rings. The van der Waals surface area contributed by atoms with Crippen molar-refractivity contribution in [2.75, 3.05) is 4.90 Å². The SMILES string of the molecule is c1ccc(-c2ccc(N(c3ccc(-c4ccccc4)c(-c4ccccc4)c3)c3cncc4sc5c6ccccc6ccc5c34)cc2)cc1. The summed E-state index contributed by atoms with van der Waals surface area (Å²) in [5.41, 5.74) is 10.4. The smallest absolute Gasteiger partial charge is 0.0738 e. The fraction of sp³-hybridized carbons (Fsp3) is 0. The van der Waals surface area contributed by atoms with Gasteiger partial charge < -0.3 is 4.90 Å². The van der Waals surface area contributed by atoms with Crippen LogP contribution in [0.15, 0.2) is 182 Å². The van der Waals surface area contributed by atoms with Gasteiger partial charge in [-0.1, -0.05) is 146 Å². The third-order valence-corrected chi connectivity index (χ3v) is 10.3. The Balaban J connectivity index is 1.30. The lowest BCUT2D eigenvalue weighted by Gasteiger charge is -2.27. The van der Waals surface area contributed by atoms with Crippen molar-refractivity contribution in [1.82, 2.24) is 4.98 Å². The van der Waals surface area contributed by atoms with Gasteiger partial charge >= 0.3 is 0 Å². The van der Waals surface area contributed by atoms with Crippen LogP contribution >= 0.6 is 11.3 Å². The maximum absolute atomic E-state index is 4.84. The molecule has 226 valence electrons. The Morgan fingerprint density at radius 1 is 0.438 bits per heavy atom. The number of aromatic nitrogens is 1. The number of hydrogen-bond donors (Lipinski definition) is 0. The van der Waals surface area contributed by atoms with Crippen LogP contribution in [0.1, 0.15) is 0 Å². The molecule has 0 unspecified atom stereocenters. The van der Waals surface area contributed by atoms with E-state index in [1.165, 1.54) is 64.3 Å². The Labute approximate surface area is 283 Å². The molecule has 48 heavy (non-hydrogen) atoms. The van der Waals surface area contributed by atoms with Crippen molar-refractivity contribution in [3.8, 4) is 33.4 Å². The van der Waals surface area contributed by atoms with Gasteiger partial charge in [0.1, 0.15) is 0 Å². The minimum atomic E-state index is 1.06. The summed E-state index contributed by atoms with van der Waals surface area (Å²) in [5.74, 6) is 0. The van der Waals surface area contributed by atoms with Crippen LogP contribution in [-0.2, 0) is 0 Å². The van der Waals surface area contributed by atoms with Crippen molar-refractivity contribution in [2.45, 2.75) is 0 Å². The predicted octanol–water partition coefficient (Wildman–Crippen LogP) is 13.1. The molecule has 0 radical (unpaired) electrons. The van der Waals surface area contributed by atoms with Gasteiger partial charge in [-0.2, -0.15) is 0 Å². The average Bonchev–Trinajstić information content (AvgIpc) is 3.56. The Morgan fingerprint density at radius 3 is 1.77 bits per heavy atom. The number of hydrogen-bond acceptors (Lipinski definition) is 3. The van der Waals surface area contributed by atoms with Crippen LogP contribution in [0.2, 0.25) is 0 Å². The first-order valence-corrected chi connectivity index (χ1v) is 17.0. The maximum Gasteiger partial charge on any atom is 0.0738 e. The molecule has 0 saturated carbocycles. The van der Waals surface area contributed by atoms with E-state index in [9.17, 15) is 0 Å². The maximum atomic E-state index is 4.84. The summed E-state index contributed by atoms with van der Waals surface area (Å²) in [6, 6.07) is 60.9. The first kappa shape index (κ1) is 28.2. The molecule has 2 nitrogen and oxygen atoms in total. The molecule has 0 spiro atoms. The monoisotopic (exact) mass is 630 g/mol. The number of rotatable bonds is 6. The molecule has 0 aliphatic carbocycles. The molecule has 9 rings (SSSR count). The number of fused-ring (bicyclic) bond motifs is 5. The van der Waals surface area contributed by atoms with E-state index in [-0.39, 0.29) is 0 Å². The second kappa shape index (κ2) is 12.0. The van der Waals surface area contributed by atoms with Crippen molar-refractivity contribution in [2.24, 2.45) is 0 Å². The molecule has 0 aliphatic heterocycles. The largest absolute Gasteiger partial charge is 0.308 e. The molecule has 7 aromatic carbocycles. The summed E-state index contributed by atoms with van der Waals surface area (Å²) in [6.07, 6.45) is 4.05. The van der Waals surface area contributed by atoms with E-state index in [1.807, 2.05) is 23.7 Å². The average molecular weight is 631 g/mol. The lowest BCUT2D eigenvalue weighted by Crippen LogP contribution is -2.11. The molecular weight excluding hydrogens is 601 g/mol. The number of benzene rings is 7. The van der Waals surface area contributed by atoms with Gasteiger partial charge in [-0.3, -0.25) is 4.98 Å². The summed E-state index contributed by atoms with van der Waals surface area (Å²) in [6.45, 7) is 0. The van der Waals surface area contributed by atoms with E-state index in [0.29, 0.717) is 0 Å². The van der Waals surface area contributed by atoms with E-state index in [0.717, 1.165) is 17.1 Å². The second-order valence-corrected chi connectivity index (χ2v) is 13.1. The minimum absolute atomic E-state index is 1.06. The van der Waals surface area contributed by atoms with Crippen molar-refractivity contribution in [3.05, 3.63) is 182 Å². The van der Waals surface area contributed by atoms with E-state index in [1.54, 1.807) is 0 Å². The van der Waals surface area contributed by atoms with Crippen LogP contribution in [0.4, 0.5) is 17.1 Å². The van der Waals surface area contributed by atoms with Gasteiger partial charge in [0.05, 0.1) is 16.6 Å². The summed E-state index contributed by atoms with van der Waals surface area (Å²) in [5, 5.41) is 5.00. The van der Waals surface area contributed by atoms with E-state index < -0.39 is 0 Å². The molecule has 3 heteroatoms. The molecule has 0 amide bonds. The second-order valence-electron chi connectivity index (χ2n) is 12.0. The normalized spacial score (nSPS) is 11.3. The molecule has 0 aliphatic rings. The molecule has 0 atom stereocenters. The zero-order valence-electron chi connectivity index (χ0n) is 26.1. The van der Waals surface area contributed by atoms with Crippen molar-refractivity contribution >= 4 is 59.3 Å². The summed E-state index contributed by atoms with van der Waals surface area (Å²) >= 11 is 1.82. The lowest BCUT2D eigenvalue weighted by atomic mass is 9.93. The first-order valence-electron chi connectivity index (χ1n) is 16.2. The van der Waals surface area contributed by atoms with Gasteiger partial charge in [0.25, 0.3) is 0 Å². The highest BCUT2D eigenvalue weighted by molar-refractivity contribution is 7.26. The van der Waals surface area contributed by atoms with Gasteiger partial charge in [-0.15, -0.1) is 11.3 Å². The molecule has 0 bridgehead atoms. The van der Waals surface area contributed by atoms with Crippen molar-refractivity contribution in [1.29, 1.82) is 0 Å². The number of anilines is 3. The Kier molecular flexibility index (Phi) is 7.03. The number of thiophene rings is 1. The van der Waals surface area contributed by atoms with Gasteiger partial charge in [0, 0.05) is 33.0 Å². The van der Waals surface area contributed by atoms with Crippen molar-refractivity contribution < 1.29 is 0 Å². The Morgan fingerprint density at radius 2 is 1.04 bits per heavy atom. The predicted molar refractivity (Wildman–Crippen MR) is 206 cm³/mol. The number of pyridine rings is 1. The topological polar surface area (TPSA) is 16.1 Å². The molecule has 2 aromatic heterocycles. The van der Waals surface area contributed by atoms with Crippen LogP contribution < -0.4 is 4.90 Å². The van der Waals surface area contributed by atoms with E-state index in [4.69, 9.17) is 4.98 Å². The number of nitrogens with zero attached hydrogens (tertiary/aromatic N) is 2. The van der Waals surface area contributed by atoms with Gasteiger partial charge in [0.15, 0.2) is 0 Å². The first-order chi connectivity index (χ1) is 23.8. The highest BCUT2D eigenvalue weighted by atomic mass is 32.1.